The molecule has 2 aromatic rings. The van der Waals surface area contributed by atoms with Gasteiger partial charge in [0, 0.05) is 17.5 Å². The lowest BCUT2D eigenvalue weighted by molar-refractivity contribution is -0.129. The van der Waals surface area contributed by atoms with Crippen molar-refractivity contribution in [1.29, 1.82) is 0 Å². The lowest BCUT2D eigenvalue weighted by Crippen LogP contribution is -2.44. The van der Waals surface area contributed by atoms with Crippen molar-refractivity contribution in [1.82, 2.24) is 15.2 Å². The van der Waals surface area contributed by atoms with E-state index in [2.05, 4.69) is 46.4 Å². The fourth-order valence-electron chi connectivity index (χ4n) is 3.69. The third kappa shape index (κ3) is 5.76. The second-order valence-electron chi connectivity index (χ2n) is 9.33. The number of carbonyl (C=O) groups excluding carboxylic acids is 2. The van der Waals surface area contributed by atoms with Crippen molar-refractivity contribution in [2.45, 2.75) is 46.6 Å². The molecule has 1 fully saturated rings. The number of nitrogens with zero attached hydrogens (tertiary/aromatic N) is 2. The Morgan fingerprint density at radius 3 is 2.33 bits per heavy atom. The van der Waals surface area contributed by atoms with Crippen LogP contribution in [-0.4, -0.2) is 41.2 Å². The molecule has 0 aliphatic carbocycles. The zero-order valence-electron chi connectivity index (χ0n) is 18.5. The minimum atomic E-state index is -0.321. The Bertz CT molecular complexity index is 848. The van der Waals surface area contributed by atoms with Gasteiger partial charge in [-0.05, 0) is 50.6 Å². The molecule has 1 N–H and O–H groups in total. The van der Waals surface area contributed by atoms with Crippen LogP contribution in [0.15, 0.2) is 48.7 Å². The lowest BCUT2D eigenvalue weighted by atomic mass is 9.89. The van der Waals surface area contributed by atoms with Gasteiger partial charge in [0.2, 0.25) is 5.91 Å². The fourth-order valence-corrected chi connectivity index (χ4v) is 3.69. The third-order valence-electron chi connectivity index (χ3n) is 5.84. The second-order valence-corrected chi connectivity index (χ2v) is 9.33. The van der Waals surface area contributed by atoms with Crippen LogP contribution in [0.4, 0.5) is 0 Å². The first-order valence-electron chi connectivity index (χ1n) is 10.8. The standard InChI is InChI=1S/C25H33N3O2/c1-18-8-10-19(11-9-18)23(21-7-5-6-14-26-21)27-24(30)20-12-15-28(16-13-20)17-22(29)25(2,3)4/h5-11,14,20,23H,12-13,15-17H2,1-4H3,(H,27,30). The summed E-state index contributed by atoms with van der Waals surface area (Å²) in [5.74, 6) is 0.274. The van der Waals surface area contributed by atoms with Crippen molar-refractivity contribution < 1.29 is 9.59 Å². The molecule has 1 aliphatic heterocycles. The van der Waals surface area contributed by atoms with Crippen molar-refractivity contribution in [2.24, 2.45) is 11.3 Å². The Morgan fingerprint density at radius 1 is 1.10 bits per heavy atom. The van der Waals surface area contributed by atoms with Crippen LogP contribution in [0.5, 0.6) is 0 Å². The largest absolute Gasteiger partial charge is 0.343 e. The minimum absolute atomic E-state index is 0.0392. The summed E-state index contributed by atoms with van der Waals surface area (Å²) >= 11 is 0. The maximum atomic E-state index is 13.1. The summed E-state index contributed by atoms with van der Waals surface area (Å²) < 4.78 is 0. The van der Waals surface area contributed by atoms with Gasteiger partial charge < -0.3 is 5.32 Å². The summed E-state index contributed by atoms with van der Waals surface area (Å²) in [6, 6.07) is 13.7. The van der Waals surface area contributed by atoms with Crippen molar-refractivity contribution in [3.63, 3.8) is 0 Å². The number of aromatic nitrogens is 1. The average molecular weight is 408 g/mol. The number of benzene rings is 1. The van der Waals surface area contributed by atoms with Crippen molar-refractivity contribution in [2.75, 3.05) is 19.6 Å². The van der Waals surface area contributed by atoms with Gasteiger partial charge in [-0.15, -0.1) is 0 Å². The van der Waals surface area contributed by atoms with Crippen LogP contribution in [0.25, 0.3) is 0 Å². The first-order valence-corrected chi connectivity index (χ1v) is 10.8. The lowest BCUT2D eigenvalue weighted by Gasteiger charge is -2.33. The van der Waals surface area contributed by atoms with Gasteiger partial charge in [-0.2, -0.15) is 0 Å². The van der Waals surface area contributed by atoms with E-state index in [9.17, 15) is 9.59 Å². The molecular weight excluding hydrogens is 374 g/mol. The predicted molar refractivity (Wildman–Crippen MR) is 119 cm³/mol. The highest BCUT2D eigenvalue weighted by atomic mass is 16.2. The van der Waals surface area contributed by atoms with Crippen LogP contribution in [0.3, 0.4) is 0 Å². The van der Waals surface area contributed by atoms with E-state index in [0.29, 0.717) is 6.54 Å². The Morgan fingerprint density at radius 2 is 1.77 bits per heavy atom. The molecule has 1 aromatic heterocycles. The number of hydrogen-bond acceptors (Lipinski definition) is 4. The molecule has 5 heteroatoms. The summed E-state index contributed by atoms with van der Waals surface area (Å²) in [5, 5.41) is 3.23. The van der Waals surface area contributed by atoms with E-state index in [0.717, 1.165) is 37.2 Å². The van der Waals surface area contributed by atoms with Crippen molar-refractivity contribution in [3.05, 3.63) is 65.5 Å². The zero-order chi connectivity index (χ0) is 21.7. The molecule has 30 heavy (non-hydrogen) atoms. The first kappa shape index (κ1) is 22.2. The van der Waals surface area contributed by atoms with E-state index in [-0.39, 0.29) is 29.1 Å². The van der Waals surface area contributed by atoms with E-state index in [1.165, 1.54) is 5.56 Å². The zero-order valence-corrected chi connectivity index (χ0v) is 18.5. The van der Waals surface area contributed by atoms with Crippen LogP contribution < -0.4 is 5.32 Å². The highest BCUT2D eigenvalue weighted by Gasteiger charge is 2.30. The van der Waals surface area contributed by atoms with Gasteiger partial charge in [0.1, 0.15) is 0 Å². The molecule has 5 nitrogen and oxygen atoms in total. The summed E-state index contributed by atoms with van der Waals surface area (Å²) in [6.07, 6.45) is 3.30. The maximum Gasteiger partial charge on any atom is 0.224 e. The number of likely N-dealkylation sites (tertiary alicyclic amines) is 1. The third-order valence-corrected chi connectivity index (χ3v) is 5.84. The number of nitrogens with one attached hydrogen (secondary N) is 1. The van der Waals surface area contributed by atoms with Gasteiger partial charge in [0.25, 0.3) is 0 Å². The van der Waals surface area contributed by atoms with Crippen LogP contribution in [0.2, 0.25) is 0 Å². The average Bonchev–Trinajstić information content (AvgIpc) is 2.73. The number of carbonyl (C=O) groups is 2. The van der Waals surface area contributed by atoms with Crippen molar-refractivity contribution >= 4 is 11.7 Å². The van der Waals surface area contributed by atoms with Crippen LogP contribution in [0, 0.1) is 18.3 Å². The van der Waals surface area contributed by atoms with E-state index in [1.54, 1.807) is 6.20 Å². The van der Waals surface area contributed by atoms with E-state index in [1.807, 2.05) is 39.0 Å². The Hall–Kier alpha value is -2.53. The molecule has 1 atom stereocenters. The number of rotatable bonds is 6. The van der Waals surface area contributed by atoms with Crippen LogP contribution in [0.1, 0.15) is 56.5 Å². The van der Waals surface area contributed by atoms with Gasteiger partial charge in [-0.3, -0.25) is 19.5 Å². The smallest absolute Gasteiger partial charge is 0.224 e. The molecule has 1 aliphatic rings. The molecule has 3 rings (SSSR count). The SMILES string of the molecule is Cc1ccc(C(NC(=O)C2CCN(CC(=O)C(C)(C)C)CC2)c2ccccn2)cc1. The Balaban J connectivity index is 1.64. The van der Waals surface area contributed by atoms with Crippen LogP contribution in [-0.2, 0) is 9.59 Å². The monoisotopic (exact) mass is 407 g/mol. The molecule has 1 saturated heterocycles. The van der Waals surface area contributed by atoms with Gasteiger partial charge in [0.15, 0.2) is 5.78 Å². The van der Waals surface area contributed by atoms with Crippen molar-refractivity contribution in [3.8, 4) is 0 Å². The van der Waals surface area contributed by atoms with E-state index >= 15 is 0 Å². The highest BCUT2D eigenvalue weighted by molar-refractivity contribution is 5.85. The summed E-state index contributed by atoms with van der Waals surface area (Å²) in [7, 11) is 0. The molecule has 0 bridgehead atoms. The van der Waals surface area contributed by atoms with Gasteiger partial charge in [-0.25, -0.2) is 0 Å². The fraction of sp³-hybridized carbons (Fsp3) is 0.480. The van der Waals surface area contributed by atoms with E-state index < -0.39 is 0 Å². The molecule has 1 aromatic carbocycles. The molecule has 0 saturated carbocycles. The van der Waals surface area contributed by atoms with Crippen LogP contribution >= 0.6 is 0 Å². The summed E-state index contributed by atoms with van der Waals surface area (Å²) in [6.45, 7) is 9.94. The van der Waals surface area contributed by atoms with Gasteiger partial charge in [-0.1, -0.05) is 56.7 Å². The number of pyridine rings is 1. The molecule has 2 heterocycles. The molecule has 1 amide bonds. The van der Waals surface area contributed by atoms with Gasteiger partial charge in [0.05, 0.1) is 18.3 Å². The number of aryl methyl sites for hydroxylation is 1. The molecule has 1 unspecified atom stereocenters. The molecule has 0 radical (unpaired) electrons. The number of Topliss-reactive ketones (excluding diaryl/α,β-unsaturated/α-hetero) is 1. The first-order chi connectivity index (χ1) is 14.2. The Kier molecular flexibility index (Phi) is 7.03. The van der Waals surface area contributed by atoms with E-state index in [4.69, 9.17) is 0 Å². The number of amides is 1. The normalized spacial score (nSPS) is 16.8. The quantitative estimate of drug-likeness (QED) is 0.788. The summed E-state index contributed by atoms with van der Waals surface area (Å²) in [4.78, 5) is 32.0. The highest BCUT2D eigenvalue weighted by Crippen LogP contribution is 2.24. The maximum absolute atomic E-state index is 13.1. The molecule has 0 spiro atoms. The predicted octanol–water partition coefficient (Wildman–Crippen LogP) is 3.92. The molecular formula is C25H33N3O2. The second kappa shape index (κ2) is 9.52. The number of hydrogen-bond donors (Lipinski definition) is 1. The number of ketones is 1. The topological polar surface area (TPSA) is 62.3 Å². The minimum Gasteiger partial charge on any atom is -0.343 e. The number of piperidine rings is 1. The molecule has 160 valence electrons. The van der Waals surface area contributed by atoms with Gasteiger partial charge >= 0.3 is 0 Å². The Labute approximate surface area is 179 Å². The summed E-state index contributed by atoms with van der Waals surface area (Å²) in [5.41, 5.74) is 2.73.